The molecule has 31 heavy (non-hydrogen) atoms. The Morgan fingerprint density at radius 3 is 2.03 bits per heavy atom. The molecule has 0 aliphatic carbocycles. The second-order valence-corrected chi connectivity index (χ2v) is 8.17. The van der Waals surface area contributed by atoms with E-state index in [-0.39, 0.29) is 17.7 Å². The number of ether oxygens (including phenoxy) is 1. The normalized spacial score (nSPS) is 15.8. The maximum atomic E-state index is 13.2. The Hall–Kier alpha value is -3.15. The lowest BCUT2D eigenvalue weighted by atomic mass is 10.0. The van der Waals surface area contributed by atoms with E-state index in [1.165, 1.54) is 0 Å². The van der Waals surface area contributed by atoms with Crippen LogP contribution in [0.2, 0.25) is 0 Å². The van der Waals surface area contributed by atoms with Gasteiger partial charge in [0.2, 0.25) is 6.10 Å². The second-order valence-electron chi connectivity index (χ2n) is 8.17. The Kier molecular flexibility index (Phi) is 7.82. The zero-order valence-corrected chi connectivity index (χ0v) is 18.1. The SMILES string of the molecule is CC(C)[C@H](NC(=O)c1ccccc1)C(=O)OC(C(=O)N1CCCCC1)c1ccccc1. The van der Waals surface area contributed by atoms with Crippen LogP contribution in [0.5, 0.6) is 0 Å². The maximum Gasteiger partial charge on any atom is 0.330 e. The van der Waals surface area contributed by atoms with Crippen LogP contribution in [-0.2, 0) is 14.3 Å². The maximum absolute atomic E-state index is 13.2. The molecule has 6 nitrogen and oxygen atoms in total. The van der Waals surface area contributed by atoms with Crippen LogP contribution in [0, 0.1) is 5.92 Å². The van der Waals surface area contributed by atoms with Gasteiger partial charge in [0.15, 0.2) is 0 Å². The number of hydrogen-bond acceptors (Lipinski definition) is 4. The number of benzene rings is 2. The Labute approximate surface area is 183 Å². The lowest BCUT2D eigenvalue weighted by Gasteiger charge is -2.31. The second kappa shape index (κ2) is 10.8. The van der Waals surface area contributed by atoms with Crippen molar-refractivity contribution in [3.05, 3.63) is 71.8 Å². The highest BCUT2D eigenvalue weighted by Crippen LogP contribution is 2.24. The molecule has 1 saturated heterocycles. The van der Waals surface area contributed by atoms with Crippen molar-refractivity contribution < 1.29 is 19.1 Å². The van der Waals surface area contributed by atoms with Crippen LogP contribution in [0.25, 0.3) is 0 Å². The molecule has 0 saturated carbocycles. The number of esters is 1. The Balaban J connectivity index is 1.78. The number of hydrogen-bond donors (Lipinski definition) is 1. The third-order valence-electron chi connectivity index (χ3n) is 5.47. The van der Waals surface area contributed by atoms with Crippen LogP contribution in [0.15, 0.2) is 60.7 Å². The van der Waals surface area contributed by atoms with Gasteiger partial charge in [0.1, 0.15) is 6.04 Å². The molecular formula is C25H30N2O4. The summed E-state index contributed by atoms with van der Waals surface area (Å²) in [5.41, 5.74) is 1.09. The number of amides is 2. The molecule has 1 unspecified atom stereocenters. The third kappa shape index (κ3) is 5.94. The number of nitrogens with one attached hydrogen (secondary N) is 1. The predicted octanol–water partition coefficient (Wildman–Crippen LogP) is 3.74. The first-order chi connectivity index (χ1) is 15.0. The minimum absolute atomic E-state index is 0.207. The number of carbonyl (C=O) groups is 3. The molecule has 6 heteroatoms. The van der Waals surface area contributed by atoms with Crippen molar-refractivity contribution in [3.63, 3.8) is 0 Å². The fourth-order valence-electron chi connectivity index (χ4n) is 3.67. The Bertz CT molecular complexity index is 877. The summed E-state index contributed by atoms with van der Waals surface area (Å²) in [6, 6.07) is 16.9. The molecule has 1 aliphatic heterocycles. The lowest BCUT2D eigenvalue weighted by molar-refractivity contribution is -0.163. The topological polar surface area (TPSA) is 75.7 Å². The smallest absolute Gasteiger partial charge is 0.330 e. The molecule has 2 aromatic rings. The van der Waals surface area contributed by atoms with Crippen LogP contribution in [0.1, 0.15) is 55.1 Å². The van der Waals surface area contributed by atoms with Gasteiger partial charge in [-0.1, -0.05) is 62.4 Å². The number of rotatable bonds is 7. The first-order valence-electron chi connectivity index (χ1n) is 10.9. The van der Waals surface area contributed by atoms with E-state index in [9.17, 15) is 14.4 Å². The van der Waals surface area contributed by atoms with E-state index in [2.05, 4.69) is 5.32 Å². The van der Waals surface area contributed by atoms with Gasteiger partial charge in [-0.25, -0.2) is 4.79 Å². The van der Waals surface area contributed by atoms with E-state index in [4.69, 9.17) is 4.74 Å². The molecule has 0 aromatic heterocycles. The largest absolute Gasteiger partial charge is 0.446 e. The van der Waals surface area contributed by atoms with Crippen LogP contribution >= 0.6 is 0 Å². The molecule has 1 N–H and O–H groups in total. The van der Waals surface area contributed by atoms with E-state index in [1.54, 1.807) is 41.3 Å². The van der Waals surface area contributed by atoms with Gasteiger partial charge in [-0.15, -0.1) is 0 Å². The highest BCUT2D eigenvalue weighted by molar-refractivity contribution is 5.97. The van der Waals surface area contributed by atoms with Gasteiger partial charge in [-0.05, 0) is 37.3 Å². The van der Waals surface area contributed by atoms with Gasteiger partial charge in [-0.2, -0.15) is 0 Å². The third-order valence-corrected chi connectivity index (χ3v) is 5.47. The van der Waals surface area contributed by atoms with Gasteiger partial charge >= 0.3 is 5.97 Å². The number of nitrogens with zero attached hydrogens (tertiary/aromatic N) is 1. The molecule has 164 valence electrons. The quantitative estimate of drug-likeness (QED) is 0.690. The van der Waals surface area contributed by atoms with Crippen molar-refractivity contribution in [2.24, 2.45) is 5.92 Å². The number of carbonyl (C=O) groups excluding carboxylic acids is 3. The Morgan fingerprint density at radius 1 is 0.871 bits per heavy atom. The first-order valence-corrected chi connectivity index (χ1v) is 10.9. The minimum atomic E-state index is -1.03. The molecule has 0 radical (unpaired) electrons. The summed E-state index contributed by atoms with van der Waals surface area (Å²) in [5, 5.41) is 2.77. The number of piperidine rings is 1. The van der Waals surface area contributed by atoms with E-state index in [0.717, 1.165) is 19.3 Å². The Morgan fingerprint density at radius 2 is 1.45 bits per heavy atom. The summed E-state index contributed by atoms with van der Waals surface area (Å²) in [6.07, 6.45) is 1.97. The van der Waals surface area contributed by atoms with Crippen LogP contribution in [0.3, 0.4) is 0 Å². The van der Waals surface area contributed by atoms with Gasteiger partial charge < -0.3 is 15.0 Å². The molecule has 0 spiro atoms. The molecule has 0 bridgehead atoms. The van der Waals surface area contributed by atoms with Crippen molar-refractivity contribution >= 4 is 17.8 Å². The molecule has 3 rings (SSSR count). The molecule has 1 fully saturated rings. The minimum Gasteiger partial charge on any atom is -0.446 e. The lowest BCUT2D eigenvalue weighted by Crippen LogP contribution is -2.47. The van der Waals surface area contributed by atoms with Crippen molar-refractivity contribution in [1.29, 1.82) is 0 Å². The first kappa shape index (κ1) is 22.5. The molecule has 1 heterocycles. The zero-order chi connectivity index (χ0) is 22.2. The summed E-state index contributed by atoms with van der Waals surface area (Å²) < 4.78 is 5.77. The van der Waals surface area contributed by atoms with Crippen LogP contribution in [0.4, 0.5) is 0 Å². The average molecular weight is 423 g/mol. The summed E-state index contributed by atoms with van der Waals surface area (Å²) in [5.74, 6) is -1.38. The standard InChI is InChI=1S/C25H30N2O4/c1-18(2)21(26-23(28)20-14-8-4-9-15-20)25(30)31-22(19-12-6-3-7-13-19)24(29)27-16-10-5-11-17-27/h3-4,6-9,12-15,18,21-22H,5,10-11,16-17H2,1-2H3,(H,26,28)/t21-,22?/m0/s1. The molecule has 2 atom stereocenters. The zero-order valence-electron chi connectivity index (χ0n) is 18.1. The molecule has 2 amide bonds. The summed E-state index contributed by atoms with van der Waals surface area (Å²) >= 11 is 0. The van der Waals surface area contributed by atoms with E-state index in [1.807, 2.05) is 38.1 Å². The van der Waals surface area contributed by atoms with Crippen molar-refractivity contribution in [3.8, 4) is 0 Å². The highest BCUT2D eigenvalue weighted by Gasteiger charge is 2.34. The number of likely N-dealkylation sites (tertiary alicyclic amines) is 1. The van der Waals surface area contributed by atoms with Crippen molar-refractivity contribution in [2.45, 2.75) is 45.3 Å². The monoisotopic (exact) mass is 422 g/mol. The fraction of sp³-hybridized carbons (Fsp3) is 0.400. The molecule has 2 aromatic carbocycles. The van der Waals surface area contributed by atoms with Crippen LogP contribution < -0.4 is 5.32 Å². The summed E-state index contributed by atoms with van der Waals surface area (Å²) in [6.45, 7) is 5.00. The molecular weight excluding hydrogens is 392 g/mol. The predicted molar refractivity (Wildman–Crippen MR) is 118 cm³/mol. The highest BCUT2D eigenvalue weighted by atomic mass is 16.5. The van der Waals surface area contributed by atoms with Gasteiger partial charge in [0.05, 0.1) is 0 Å². The van der Waals surface area contributed by atoms with E-state index < -0.39 is 18.1 Å². The van der Waals surface area contributed by atoms with Crippen molar-refractivity contribution in [1.82, 2.24) is 10.2 Å². The van der Waals surface area contributed by atoms with Gasteiger partial charge in [0, 0.05) is 24.2 Å². The summed E-state index contributed by atoms with van der Waals surface area (Å²) in [4.78, 5) is 40.7. The van der Waals surface area contributed by atoms with Crippen molar-refractivity contribution in [2.75, 3.05) is 13.1 Å². The fourth-order valence-corrected chi connectivity index (χ4v) is 3.67. The van der Waals surface area contributed by atoms with E-state index >= 15 is 0 Å². The van der Waals surface area contributed by atoms with Gasteiger partial charge in [-0.3, -0.25) is 9.59 Å². The summed E-state index contributed by atoms with van der Waals surface area (Å²) in [7, 11) is 0. The molecule has 1 aliphatic rings. The van der Waals surface area contributed by atoms with E-state index in [0.29, 0.717) is 24.2 Å². The van der Waals surface area contributed by atoms with Crippen LogP contribution in [-0.4, -0.2) is 41.8 Å². The van der Waals surface area contributed by atoms with Gasteiger partial charge in [0.25, 0.3) is 11.8 Å². The average Bonchev–Trinajstić information content (AvgIpc) is 2.81.